The summed E-state index contributed by atoms with van der Waals surface area (Å²) in [4.78, 5) is 0. The van der Waals surface area contributed by atoms with E-state index >= 15 is 0 Å². The Morgan fingerprint density at radius 1 is 1.40 bits per heavy atom. The van der Waals surface area contributed by atoms with E-state index in [4.69, 9.17) is 16.3 Å². The highest BCUT2D eigenvalue weighted by Crippen LogP contribution is 2.08. The number of anilines is 1. The average molecular weight is 205 g/mol. The van der Waals surface area contributed by atoms with Crippen molar-refractivity contribution in [2.45, 2.75) is 0 Å². The van der Waals surface area contributed by atoms with E-state index < -0.39 is 0 Å². The predicted molar refractivity (Wildman–Crippen MR) is 60.8 cm³/mol. The van der Waals surface area contributed by atoms with Crippen LogP contribution < -0.4 is 5.32 Å². The van der Waals surface area contributed by atoms with Gasteiger partial charge >= 0.3 is 0 Å². The number of rotatable bonds is 6. The highest BCUT2D eigenvalue weighted by Gasteiger charge is 1.92. The van der Waals surface area contributed by atoms with Crippen LogP contribution in [0.2, 0.25) is 0 Å². The van der Waals surface area contributed by atoms with Gasteiger partial charge in [-0.25, -0.2) is 0 Å². The molecule has 0 aliphatic rings. The van der Waals surface area contributed by atoms with Crippen molar-refractivity contribution in [1.82, 2.24) is 0 Å². The first-order valence-electron chi connectivity index (χ1n) is 4.86. The van der Waals surface area contributed by atoms with Gasteiger partial charge in [0.25, 0.3) is 0 Å². The fourth-order valence-corrected chi connectivity index (χ4v) is 1.15. The topological polar surface area (TPSA) is 41.5 Å². The van der Waals surface area contributed by atoms with Crippen molar-refractivity contribution < 1.29 is 9.84 Å². The molecule has 0 unspecified atom stereocenters. The lowest BCUT2D eigenvalue weighted by Gasteiger charge is -2.06. The van der Waals surface area contributed by atoms with Gasteiger partial charge in [0.2, 0.25) is 0 Å². The molecule has 0 radical (unpaired) electrons. The van der Waals surface area contributed by atoms with Crippen LogP contribution in [0.5, 0.6) is 0 Å². The van der Waals surface area contributed by atoms with Gasteiger partial charge in [0.1, 0.15) is 0 Å². The molecule has 0 saturated heterocycles. The summed E-state index contributed by atoms with van der Waals surface area (Å²) in [6.07, 6.45) is 5.28. The summed E-state index contributed by atoms with van der Waals surface area (Å²) >= 11 is 0. The van der Waals surface area contributed by atoms with E-state index in [1.54, 1.807) is 0 Å². The average Bonchev–Trinajstić information content (AvgIpc) is 2.29. The van der Waals surface area contributed by atoms with E-state index in [1.165, 1.54) is 0 Å². The lowest BCUT2D eigenvalue weighted by atomic mass is 10.2. The van der Waals surface area contributed by atoms with Gasteiger partial charge < -0.3 is 15.2 Å². The lowest BCUT2D eigenvalue weighted by molar-refractivity contribution is 0.0992. The molecule has 0 saturated carbocycles. The molecule has 0 aromatic heterocycles. The number of nitrogens with one attached hydrogen (secondary N) is 1. The first kappa shape index (κ1) is 11.6. The third-order valence-corrected chi connectivity index (χ3v) is 1.84. The van der Waals surface area contributed by atoms with Crippen LogP contribution >= 0.6 is 0 Å². The standard InChI is InChI=1S/C12H15NO2/c1-2-11-4-3-5-12(10-11)13-6-8-15-9-7-14/h1,3-5,10,13-14H,6-9H2. The number of aliphatic hydroxyl groups is 1. The Morgan fingerprint density at radius 3 is 3.00 bits per heavy atom. The normalized spacial score (nSPS) is 9.60. The molecular weight excluding hydrogens is 190 g/mol. The summed E-state index contributed by atoms with van der Waals surface area (Å²) < 4.78 is 5.11. The van der Waals surface area contributed by atoms with E-state index in [-0.39, 0.29) is 6.61 Å². The number of aliphatic hydroxyl groups excluding tert-OH is 1. The van der Waals surface area contributed by atoms with Gasteiger partial charge in [-0.15, -0.1) is 6.42 Å². The summed E-state index contributed by atoms with van der Waals surface area (Å²) in [5.41, 5.74) is 1.84. The SMILES string of the molecule is C#Cc1cccc(NCCOCCO)c1. The molecule has 1 aromatic carbocycles. The highest BCUT2D eigenvalue weighted by molar-refractivity contribution is 5.49. The van der Waals surface area contributed by atoms with Gasteiger partial charge in [-0.05, 0) is 18.2 Å². The molecule has 80 valence electrons. The van der Waals surface area contributed by atoms with Crippen molar-refractivity contribution in [1.29, 1.82) is 0 Å². The van der Waals surface area contributed by atoms with E-state index in [1.807, 2.05) is 24.3 Å². The van der Waals surface area contributed by atoms with Crippen molar-refractivity contribution in [3.63, 3.8) is 0 Å². The highest BCUT2D eigenvalue weighted by atomic mass is 16.5. The maximum atomic E-state index is 8.48. The molecule has 2 N–H and O–H groups in total. The number of benzene rings is 1. The number of hydrogen-bond donors (Lipinski definition) is 2. The summed E-state index contributed by atoms with van der Waals surface area (Å²) in [7, 11) is 0. The van der Waals surface area contributed by atoms with Gasteiger partial charge in [-0.2, -0.15) is 0 Å². The number of terminal acetylenes is 1. The molecule has 1 aromatic rings. The first-order valence-corrected chi connectivity index (χ1v) is 4.86. The zero-order valence-corrected chi connectivity index (χ0v) is 8.57. The molecule has 0 fully saturated rings. The summed E-state index contributed by atoms with van der Waals surface area (Å²) in [5.74, 6) is 2.57. The minimum Gasteiger partial charge on any atom is -0.394 e. The minimum atomic E-state index is 0.0621. The van der Waals surface area contributed by atoms with Gasteiger partial charge in [0.15, 0.2) is 0 Å². The Bertz CT molecular complexity index is 331. The third kappa shape index (κ3) is 4.50. The van der Waals surface area contributed by atoms with Gasteiger partial charge in [-0.3, -0.25) is 0 Å². The summed E-state index contributed by atoms with van der Waals surface area (Å²) in [6, 6.07) is 7.65. The molecule has 3 heteroatoms. The van der Waals surface area contributed by atoms with E-state index in [0.717, 1.165) is 11.3 Å². The van der Waals surface area contributed by atoms with Crippen LogP contribution in [-0.4, -0.2) is 31.5 Å². The molecule has 0 spiro atoms. The Labute approximate surface area is 90.1 Å². The Hall–Kier alpha value is -1.50. The molecule has 0 aliphatic heterocycles. The smallest absolute Gasteiger partial charge is 0.0698 e. The lowest BCUT2D eigenvalue weighted by Crippen LogP contribution is -2.11. The van der Waals surface area contributed by atoms with Crippen molar-refractivity contribution in [3.05, 3.63) is 29.8 Å². The second-order valence-electron chi connectivity index (χ2n) is 2.99. The molecule has 0 aliphatic carbocycles. The van der Waals surface area contributed by atoms with Crippen LogP contribution in [0, 0.1) is 12.3 Å². The Balaban J connectivity index is 2.28. The summed E-state index contributed by atoms with van der Waals surface area (Å²) in [5, 5.41) is 11.7. The van der Waals surface area contributed by atoms with Crippen molar-refractivity contribution in [2.75, 3.05) is 31.7 Å². The molecule has 0 amide bonds. The largest absolute Gasteiger partial charge is 0.394 e. The van der Waals surface area contributed by atoms with Crippen LogP contribution in [0.1, 0.15) is 5.56 Å². The van der Waals surface area contributed by atoms with Gasteiger partial charge in [-0.1, -0.05) is 12.0 Å². The van der Waals surface area contributed by atoms with Crippen LogP contribution in [0.15, 0.2) is 24.3 Å². The fraction of sp³-hybridized carbons (Fsp3) is 0.333. The van der Waals surface area contributed by atoms with Gasteiger partial charge in [0, 0.05) is 17.8 Å². The fourth-order valence-electron chi connectivity index (χ4n) is 1.15. The maximum Gasteiger partial charge on any atom is 0.0698 e. The zero-order valence-electron chi connectivity index (χ0n) is 8.57. The third-order valence-electron chi connectivity index (χ3n) is 1.84. The summed E-state index contributed by atoms with van der Waals surface area (Å²) in [6.45, 7) is 1.72. The van der Waals surface area contributed by atoms with Crippen molar-refractivity contribution in [2.24, 2.45) is 0 Å². The molecule has 0 bridgehead atoms. The number of hydrogen-bond acceptors (Lipinski definition) is 3. The zero-order chi connectivity index (χ0) is 10.9. The Morgan fingerprint density at radius 2 is 2.27 bits per heavy atom. The van der Waals surface area contributed by atoms with Crippen molar-refractivity contribution in [3.8, 4) is 12.3 Å². The monoisotopic (exact) mass is 205 g/mol. The van der Waals surface area contributed by atoms with Crippen LogP contribution in [0.3, 0.4) is 0 Å². The Kier molecular flexibility index (Phi) is 5.31. The molecule has 0 heterocycles. The quantitative estimate of drug-likeness (QED) is 0.539. The maximum absolute atomic E-state index is 8.48. The second-order valence-corrected chi connectivity index (χ2v) is 2.99. The van der Waals surface area contributed by atoms with Crippen LogP contribution in [0.25, 0.3) is 0 Å². The molecular formula is C12H15NO2. The van der Waals surface area contributed by atoms with Gasteiger partial charge in [0.05, 0.1) is 19.8 Å². The first-order chi connectivity index (χ1) is 7.36. The molecule has 3 nitrogen and oxygen atoms in total. The van der Waals surface area contributed by atoms with E-state index in [0.29, 0.717) is 19.8 Å². The van der Waals surface area contributed by atoms with Crippen molar-refractivity contribution >= 4 is 5.69 Å². The van der Waals surface area contributed by atoms with E-state index in [2.05, 4.69) is 11.2 Å². The van der Waals surface area contributed by atoms with Crippen LogP contribution in [0.4, 0.5) is 5.69 Å². The molecule has 0 atom stereocenters. The molecule has 15 heavy (non-hydrogen) atoms. The van der Waals surface area contributed by atoms with Crippen LogP contribution in [-0.2, 0) is 4.74 Å². The van der Waals surface area contributed by atoms with E-state index in [9.17, 15) is 0 Å². The predicted octanol–water partition coefficient (Wildman–Crippen LogP) is 1.09. The number of ether oxygens (including phenoxy) is 1. The minimum absolute atomic E-state index is 0.0621. The molecule has 1 rings (SSSR count). The second kappa shape index (κ2) is 6.88.